The first kappa shape index (κ1) is 18.5. The minimum Gasteiger partial charge on any atom is -0.478 e. The van der Waals surface area contributed by atoms with E-state index in [1.165, 1.54) is 16.9 Å². The summed E-state index contributed by atoms with van der Waals surface area (Å²) < 4.78 is 5.45. The fourth-order valence-corrected chi connectivity index (χ4v) is 6.13. The minimum absolute atomic E-state index is 0.0107. The molecule has 2 aromatic heterocycles. The number of carboxylic acid groups (broad SMARTS) is 1. The Labute approximate surface area is 172 Å². The lowest BCUT2D eigenvalue weighted by atomic mass is 9.66. The maximum atomic E-state index is 13.3. The summed E-state index contributed by atoms with van der Waals surface area (Å²) in [6, 6.07) is 0. The second-order valence-corrected chi connectivity index (χ2v) is 9.56. The zero-order chi connectivity index (χ0) is 20.3. The van der Waals surface area contributed by atoms with Gasteiger partial charge >= 0.3 is 5.97 Å². The summed E-state index contributed by atoms with van der Waals surface area (Å²) in [5, 5.41) is 17.4. The van der Waals surface area contributed by atoms with E-state index in [-0.39, 0.29) is 17.7 Å². The number of fused-ring (bicyclic) bond motifs is 2. The first-order valence-electron chi connectivity index (χ1n) is 10.2. The van der Waals surface area contributed by atoms with Gasteiger partial charge in [0, 0.05) is 16.0 Å². The normalized spacial score (nSPS) is 23.5. The number of carboxylic acids is 1. The number of nitrogens with zero attached hydrogens (tertiary/aromatic N) is 2. The third-order valence-corrected chi connectivity index (χ3v) is 7.43. The molecule has 0 radical (unpaired) electrons. The van der Waals surface area contributed by atoms with E-state index in [1.54, 1.807) is 6.92 Å². The van der Waals surface area contributed by atoms with Gasteiger partial charge in [-0.1, -0.05) is 5.16 Å². The molecule has 2 saturated carbocycles. The summed E-state index contributed by atoms with van der Waals surface area (Å²) in [6.07, 6.45) is 5.72. The second kappa shape index (κ2) is 6.79. The third kappa shape index (κ3) is 3.10. The third-order valence-electron chi connectivity index (χ3n) is 6.39. The number of carbonyl (C=O) groups is 2. The molecule has 2 N–H and O–H groups in total. The molecule has 152 valence electrons. The molecule has 6 rings (SSSR count). The smallest absolute Gasteiger partial charge is 0.332 e. The number of aliphatic carboxylic acids is 1. The summed E-state index contributed by atoms with van der Waals surface area (Å²) in [4.78, 5) is 30.7. The SMILES string of the molecule is Cc1noc(-c2c(NC(=O)C3=C(C(=O)O)C4CCC3CC4)sc(C)c2C2CC2)n1. The molecule has 0 atom stereocenters. The van der Waals surface area contributed by atoms with Crippen LogP contribution in [0, 0.1) is 25.7 Å². The zero-order valence-electron chi connectivity index (χ0n) is 16.4. The Bertz CT molecular complexity index is 1040. The second-order valence-electron chi connectivity index (χ2n) is 8.33. The molecule has 0 aliphatic heterocycles. The number of aryl methyl sites for hydroxylation is 2. The van der Waals surface area contributed by atoms with Crippen molar-refractivity contribution in [2.45, 2.75) is 58.3 Å². The maximum absolute atomic E-state index is 13.3. The van der Waals surface area contributed by atoms with E-state index in [2.05, 4.69) is 15.5 Å². The van der Waals surface area contributed by atoms with Crippen LogP contribution in [-0.2, 0) is 9.59 Å². The van der Waals surface area contributed by atoms with Crippen molar-refractivity contribution in [3.05, 3.63) is 27.4 Å². The van der Waals surface area contributed by atoms with Crippen molar-refractivity contribution in [2.24, 2.45) is 11.8 Å². The van der Waals surface area contributed by atoms with Crippen LogP contribution in [0.4, 0.5) is 5.00 Å². The fraction of sp³-hybridized carbons (Fsp3) is 0.524. The van der Waals surface area contributed by atoms with E-state index in [0.717, 1.165) is 49.0 Å². The molecular formula is C21H23N3O4S. The van der Waals surface area contributed by atoms with Gasteiger partial charge in [-0.05, 0) is 75.7 Å². The van der Waals surface area contributed by atoms with Crippen LogP contribution in [0.5, 0.6) is 0 Å². The Morgan fingerprint density at radius 2 is 1.66 bits per heavy atom. The number of hydrogen-bond acceptors (Lipinski definition) is 6. The van der Waals surface area contributed by atoms with Gasteiger partial charge in [0.25, 0.3) is 11.8 Å². The van der Waals surface area contributed by atoms with Crippen LogP contribution < -0.4 is 5.32 Å². The summed E-state index contributed by atoms with van der Waals surface area (Å²) >= 11 is 1.51. The average molecular weight is 413 g/mol. The molecule has 8 heteroatoms. The number of thiophene rings is 1. The molecule has 4 aliphatic carbocycles. The lowest BCUT2D eigenvalue weighted by Crippen LogP contribution is -2.35. The molecule has 7 nitrogen and oxygen atoms in total. The van der Waals surface area contributed by atoms with Crippen molar-refractivity contribution in [2.75, 3.05) is 5.32 Å². The molecule has 1 amide bonds. The van der Waals surface area contributed by atoms with Crippen LogP contribution >= 0.6 is 11.3 Å². The highest BCUT2D eigenvalue weighted by Crippen LogP contribution is 2.52. The molecule has 0 aromatic carbocycles. The number of amides is 1. The highest BCUT2D eigenvalue weighted by atomic mass is 32.1. The zero-order valence-corrected chi connectivity index (χ0v) is 17.3. The van der Waals surface area contributed by atoms with Gasteiger partial charge in [0.05, 0.1) is 5.56 Å². The lowest BCUT2D eigenvalue weighted by Gasteiger charge is -2.37. The van der Waals surface area contributed by atoms with Gasteiger partial charge in [0.2, 0.25) is 0 Å². The minimum atomic E-state index is -0.960. The largest absolute Gasteiger partial charge is 0.478 e. The maximum Gasteiger partial charge on any atom is 0.332 e. The van der Waals surface area contributed by atoms with Crippen LogP contribution in [-0.4, -0.2) is 27.1 Å². The summed E-state index contributed by atoms with van der Waals surface area (Å²) in [5.41, 5.74) is 2.76. The van der Waals surface area contributed by atoms with E-state index < -0.39 is 5.97 Å². The molecular weight excluding hydrogens is 390 g/mol. The molecule has 0 unspecified atom stereocenters. The monoisotopic (exact) mass is 413 g/mol. The predicted octanol–water partition coefficient (Wildman–Crippen LogP) is 4.43. The highest BCUT2D eigenvalue weighted by molar-refractivity contribution is 7.17. The van der Waals surface area contributed by atoms with Crippen LogP contribution in [0.15, 0.2) is 15.7 Å². The van der Waals surface area contributed by atoms with Gasteiger partial charge in [-0.15, -0.1) is 11.3 Å². The number of aromatic nitrogens is 2. The van der Waals surface area contributed by atoms with Crippen LogP contribution in [0.2, 0.25) is 0 Å². The van der Waals surface area contributed by atoms with Gasteiger partial charge in [-0.3, -0.25) is 4.79 Å². The lowest BCUT2D eigenvalue weighted by molar-refractivity contribution is -0.134. The topological polar surface area (TPSA) is 105 Å². The highest BCUT2D eigenvalue weighted by Gasteiger charge is 2.42. The first-order valence-corrected chi connectivity index (χ1v) is 11.0. The molecule has 2 bridgehead atoms. The summed E-state index contributed by atoms with van der Waals surface area (Å²) in [6.45, 7) is 3.81. The Kier molecular flexibility index (Phi) is 4.34. The quantitative estimate of drug-likeness (QED) is 0.751. The Balaban J connectivity index is 1.56. The number of anilines is 1. The number of carbonyl (C=O) groups excluding carboxylic acids is 1. The van der Waals surface area contributed by atoms with E-state index in [4.69, 9.17) is 4.52 Å². The van der Waals surface area contributed by atoms with E-state index in [9.17, 15) is 14.7 Å². The van der Waals surface area contributed by atoms with Crippen LogP contribution in [0.25, 0.3) is 11.5 Å². The number of rotatable bonds is 5. The number of nitrogens with one attached hydrogen (secondary N) is 1. The van der Waals surface area contributed by atoms with E-state index in [0.29, 0.717) is 33.8 Å². The van der Waals surface area contributed by atoms with Crippen LogP contribution in [0.1, 0.15) is 60.7 Å². The predicted molar refractivity (Wildman–Crippen MR) is 108 cm³/mol. The van der Waals surface area contributed by atoms with Crippen molar-refractivity contribution in [3.8, 4) is 11.5 Å². The number of hydrogen-bond donors (Lipinski definition) is 2. The van der Waals surface area contributed by atoms with Gasteiger partial charge in [-0.25, -0.2) is 4.79 Å². The van der Waals surface area contributed by atoms with Crippen molar-refractivity contribution in [1.29, 1.82) is 0 Å². The van der Waals surface area contributed by atoms with Crippen molar-refractivity contribution >= 4 is 28.2 Å². The fourth-order valence-electron chi connectivity index (χ4n) is 5.00. The first-order chi connectivity index (χ1) is 13.9. The average Bonchev–Trinajstić information content (AvgIpc) is 3.37. The molecule has 2 fully saturated rings. The van der Waals surface area contributed by atoms with Crippen LogP contribution in [0.3, 0.4) is 0 Å². The van der Waals surface area contributed by atoms with E-state index >= 15 is 0 Å². The van der Waals surface area contributed by atoms with Gasteiger partial charge in [0.1, 0.15) is 5.00 Å². The van der Waals surface area contributed by atoms with E-state index in [1.807, 2.05) is 6.92 Å². The van der Waals surface area contributed by atoms with Crippen molar-refractivity contribution in [1.82, 2.24) is 10.1 Å². The molecule has 0 spiro atoms. The molecule has 2 heterocycles. The van der Waals surface area contributed by atoms with Crippen molar-refractivity contribution < 1.29 is 19.2 Å². The van der Waals surface area contributed by atoms with Crippen molar-refractivity contribution in [3.63, 3.8) is 0 Å². The van der Waals surface area contributed by atoms with Gasteiger partial charge in [-0.2, -0.15) is 4.98 Å². The molecule has 4 aliphatic rings. The molecule has 0 saturated heterocycles. The summed E-state index contributed by atoms with van der Waals surface area (Å²) in [5.74, 6) is 0.187. The Morgan fingerprint density at radius 3 is 2.21 bits per heavy atom. The Hall–Kier alpha value is -2.48. The van der Waals surface area contributed by atoms with Gasteiger partial charge < -0.3 is 14.9 Å². The Morgan fingerprint density at radius 1 is 1.03 bits per heavy atom. The summed E-state index contributed by atoms with van der Waals surface area (Å²) in [7, 11) is 0. The molecule has 29 heavy (non-hydrogen) atoms. The van der Waals surface area contributed by atoms with Gasteiger partial charge in [0.15, 0.2) is 5.82 Å². The molecule has 2 aromatic rings. The standard InChI is InChI=1S/C21H23N3O4S/c1-9-14(11-3-4-11)17(19-22-10(2)24-28-19)20(29-9)23-18(25)15-12-5-7-13(8-6-12)16(15)21(26)27/h11-13H,3-8H2,1-2H3,(H,23,25)(H,26,27).